The topological polar surface area (TPSA) is 58.6 Å². The van der Waals surface area contributed by atoms with E-state index in [0.717, 1.165) is 16.7 Å². The molecule has 0 aliphatic heterocycles. The Morgan fingerprint density at radius 3 is 2.26 bits per heavy atom. The molecule has 3 aromatic rings. The fourth-order valence-electron chi connectivity index (χ4n) is 3.71. The molecule has 0 bridgehead atoms. The molecule has 0 aliphatic carbocycles. The van der Waals surface area contributed by atoms with Crippen LogP contribution in [0.15, 0.2) is 72.8 Å². The first-order valence-corrected chi connectivity index (χ1v) is 12.3. The van der Waals surface area contributed by atoms with E-state index in [-0.39, 0.29) is 31.0 Å². The summed E-state index contributed by atoms with van der Waals surface area (Å²) in [5, 5.41) is 3.78. The summed E-state index contributed by atoms with van der Waals surface area (Å²) in [6.07, 6.45) is 0.358. The second kappa shape index (κ2) is 12.6. The quantitative estimate of drug-likeness (QED) is 0.370. The highest BCUT2D eigenvalue weighted by molar-refractivity contribution is 6.42. The zero-order valence-corrected chi connectivity index (χ0v) is 21.6. The maximum atomic E-state index is 13.6. The Balaban J connectivity index is 1.93. The van der Waals surface area contributed by atoms with Crippen LogP contribution in [0.4, 0.5) is 0 Å². The van der Waals surface area contributed by atoms with E-state index in [9.17, 15) is 9.59 Å². The Morgan fingerprint density at radius 2 is 1.60 bits per heavy atom. The number of hydrogen-bond acceptors (Lipinski definition) is 3. The molecule has 0 saturated carbocycles. The van der Waals surface area contributed by atoms with Crippen molar-refractivity contribution in [2.24, 2.45) is 0 Å². The Labute approximate surface area is 217 Å². The van der Waals surface area contributed by atoms with Crippen LogP contribution < -0.4 is 10.1 Å². The number of aryl methyl sites for hydroxylation is 1. The molecule has 0 radical (unpaired) electrons. The van der Waals surface area contributed by atoms with E-state index in [4.69, 9.17) is 27.9 Å². The number of carbonyl (C=O) groups excluding carboxylic acids is 2. The Hall–Kier alpha value is -3.02. The lowest BCUT2D eigenvalue weighted by Crippen LogP contribution is -2.52. The molecule has 1 N–H and O–H groups in total. The monoisotopic (exact) mass is 512 g/mol. The molecule has 0 aromatic heterocycles. The van der Waals surface area contributed by atoms with Crippen LogP contribution in [0.25, 0.3) is 0 Å². The van der Waals surface area contributed by atoms with Gasteiger partial charge in [-0.05, 0) is 55.7 Å². The van der Waals surface area contributed by atoms with Gasteiger partial charge in [0.15, 0.2) is 6.61 Å². The van der Waals surface area contributed by atoms with E-state index >= 15 is 0 Å². The fourth-order valence-corrected chi connectivity index (χ4v) is 4.03. The highest BCUT2D eigenvalue weighted by Crippen LogP contribution is 2.24. The van der Waals surface area contributed by atoms with E-state index in [1.54, 1.807) is 23.1 Å². The smallest absolute Gasteiger partial charge is 0.261 e. The molecule has 3 aromatic carbocycles. The van der Waals surface area contributed by atoms with Gasteiger partial charge in [0, 0.05) is 19.0 Å². The second-order valence-electron chi connectivity index (χ2n) is 8.69. The first-order valence-electron chi connectivity index (χ1n) is 11.5. The number of nitrogens with zero attached hydrogens (tertiary/aromatic N) is 1. The molecule has 7 heteroatoms. The van der Waals surface area contributed by atoms with Crippen molar-refractivity contribution in [1.29, 1.82) is 0 Å². The van der Waals surface area contributed by atoms with Gasteiger partial charge in [0.05, 0.1) is 10.0 Å². The summed E-state index contributed by atoms with van der Waals surface area (Å²) in [5.74, 6) is 0.0916. The lowest BCUT2D eigenvalue weighted by molar-refractivity contribution is -0.143. The van der Waals surface area contributed by atoms with Gasteiger partial charge in [0.1, 0.15) is 11.8 Å². The molecular formula is C28H30Cl2N2O3. The van der Waals surface area contributed by atoms with Crippen molar-refractivity contribution in [3.05, 3.63) is 99.5 Å². The van der Waals surface area contributed by atoms with Crippen molar-refractivity contribution >= 4 is 35.0 Å². The van der Waals surface area contributed by atoms with Gasteiger partial charge < -0.3 is 15.0 Å². The average molecular weight is 513 g/mol. The first-order chi connectivity index (χ1) is 16.7. The minimum Gasteiger partial charge on any atom is -0.484 e. The van der Waals surface area contributed by atoms with Crippen LogP contribution in [0.5, 0.6) is 5.75 Å². The third-order valence-corrected chi connectivity index (χ3v) is 6.22. The van der Waals surface area contributed by atoms with Crippen molar-refractivity contribution in [2.75, 3.05) is 6.61 Å². The summed E-state index contributed by atoms with van der Waals surface area (Å²) in [4.78, 5) is 28.5. The number of rotatable bonds is 10. The summed E-state index contributed by atoms with van der Waals surface area (Å²) in [6, 6.07) is 21.5. The Bertz CT molecular complexity index is 1150. The van der Waals surface area contributed by atoms with Gasteiger partial charge in [-0.3, -0.25) is 9.59 Å². The largest absolute Gasteiger partial charge is 0.484 e. The number of ether oxygens (including phenoxy) is 1. The molecule has 0 heterocycles. The van der Waals surface area contributed by atoms with Crippen LogP contribution >= 0.6 is 23.2 Å². The van der Waals surface area contributed by atoms with Gasteiger partial charge in [-0.2, -0.15) is 0 Å². The minimum atomic E-state index is -0.748. The predicted molar refractivity (Wildman–Crippen MR) is 141 cm³/mol. The van der Waals surface area contributed by atoms with E-state index in [1.165, 1.54) is 0 Å². The second-order valence-corrected chi connectivity index (χ2v) is 9.51. The zero-order chi connectivity index (χ0) is 25.4. The van der Waals surface area contributed by atoms with Gasteiger partial charge in [-0.1, -0.05) is 77.8 Å². The van der Waals surface area contributed by atoms with Crippen LogP contribution in [0.1, 0.15) is 30.5 Å². The summed E-state index contributed by atoms with van der Waals surface area (Å²) < 4.78 is 5.85. The minimum absolute atomic E-state index is 0.0779. The molecule has 0 fully saturated rings. The molecule has 2 amide bonds. The zero-order valence-electron chi connectivity index (χ0n) is 20.1. The van der Waals surface area contributed by atoms with Crippen molar-refractivity contribution in [3.8, 4) is 5.75 Å². The van der Waals surface area contributed by atoms with Crippen molar-refractivity contribution in [2.45, 2.75) is 45.8 Å². The number of para-hydroxylation sites is 1. The third-order valence-electron chi connectivity index (χ3n) is 5.48. The normalized spacial score (nSPS) is 11.7. The third kappa shape index (κ3) is 7.74. The molecule has 184 valence electrons. The molecule has 0 unspecified atom stereocenters. The number of hydrogen-bond donors (Lipinski definition) is 1. The average Bonchev–Trinajstić information content (AvgIpc) is 2.83. The van der Waals surface area contributed by atoms with E-state index in [1.807, 2.05) is 75.4 Å². The summed E-state index contributed by atoms with van der Waals surface area (Å²) in [7, 11) is 0. The van der Waals surface area contributed by atoms with Crippen molar-refractivity contribution < 1.29 is 14.3 Å². The SMILES string of the molecule is Cc1ccccc1OCC(=O)N(Cc1ccc(Cl)c(Cl)c1)[C@H](Cc1ccccc1)C(=O)NC(C)C. The number of nitrogens with one attached hydrogen (secondary N) is 1. The van der Waals surface area contributed by atoms with Crippen LogP contribution in [0.3, 0.4) is 0 Å². The number of halogens is 2. The van der Waals surface area contributed by atoms with Crippen LogP contribution in [-0.4, -0.2) is 35.4 Å². The fraction of sp³-hybridized carbons (Fsp3) is 0.286. The Morgan fingerprint density at radius 1 is 0.914 bits per heavy atom. The van der Waals surface area contributed by atoms with Gasteiger partial charge in [-0.25, -0.2) is 0 Å². The van der Waals surface area contributed by atoms with Crippen LogP contribution in [-0.2, 0) is 22.6 Å². The number of benzene rings is 3. The van der Waals surface area contributed by atoms with E-state index in [0.29, 0.717) is 22.2 Å². The van der Waals surface area contributed by atoms with Crippen LogP contribution in [0.2, 0.25) is 10.0 Å². The molecular weight excluding hydrogens is 483 g/mol. The molecule has 1 atom stereocenters. The maximum Gasteiger partial charge on any atom is 0.261 e. The number of amides is 2. The van der Waals surface area contributed by atoms with E-state index in [2.05, 4.69) is 5.32 Å². The van der Waals surface area contributed by atoms with Crippen molar-refractivity contribution in [1.82, 2.24) is 10.2 Å². The number of carbonyl (C=O) groups is 2. The molecule has 0 aliphatic rings. The lowest BCUT2D eigenvalue weighted by atomic mass is 10.0. The van der Waals surface area contributed by atoms with Gasteiger partial charge in [-0.15, -0.1) is 0 Å². The molecule has 0 spiro atoms. The molecule has 35 heavy (non-hydrogen) atoms. The lowest BCUT2D eigenvalue weighted by Gasteiger charge is -2.32. The summed E-state index contributed by atoms with van der Waals surface area (Å²) in [5.41, 5.74) is 2.64. The first kappa shape index (κ1) is 26.6. The van der Waals surface area contributed by atoms with Gasteiger partial charge in [0.2, 0.25) is 5.91 Å². The standard InChI is InChI=1S/C28H30Cl2N2O3/c1-19(2)31-28(34)25(16-21-10-5-4-6-11-21)32(17-22-13-14-23(29)24(30)15-22)27(33)18-35-26-12-8-7-9-20(26)3/h4-15,19,25H,16-18H2,1-3H3,(H,31,34)/t25-/m1/s1. The molecule has 3 rings (SSSR count). The van der Waals surface area contributed by atoms with Crippen LogP contribution in [0, 0.1) is 6.92 Å². The highest BCUT2D eigenvalue weighted by atomic mass is 35.5. The molecule has 0 saturated heterocycles. The molecule has 5 nitrogen and oxygen atoms in total. The summed E-state index contributed by atoms with van der Waals surface area (Å²) >= 11 is 12.3. The van der Waals surface area contributed by atoms with E-state index < -0.39 is 6.04 Å². The van der Waals surface area contributed by atoms with Crippen molar-refractivity contribution in [3.63, 3.8) is 0 Å². The predicted octanol–water partition coefficient (Wildman–Crippen LogP) is 5.85. The van der Waals surface area contributed by atoms with Gasteiger partial charge in [0.25, 0.3) is 5.91 Å². The maximum absolute atomic E-state index is 13.6. The van der Waals surface area contributed by atoms with Gasteiger partial charge >= 0.3 is 0 Å². The highest BCUT2D eigenvalue weighted by Gasteiger charge is 2.31. The Kier molecular flexibility index (Phi) is 9.58. The summed E-state index contributed by atoms with van der Waals surface area (Å²) in [6.45, 7) is 5.68.